The Balaban J connectivity index is 2.05. The molecule has 3 aromatic rings. The average Bonchev–Trinajstić information content (AvgIpc) is 2.86. The van der Waals surface area contributed by atoms with Crippen molar-refractivity contribution in [2.75, 3.05) is 0 Å². The molecule has 1 aliphatic heterocycles. The molecule has 0 saturated carbocycles. The highest BCUT2D eigenvalue weighted by atomic mass is 28.3. The summed E-state index contributed by atoms with van der Waals surface area (Å²) in [7, 11) is -1.88. The summed E-state index contributed by atoms with van der Waals surface area (Å²) in [5, 5.41) is 4.64. The molecule has 1 heterocycles. The second-order valence-electron chi connectivity index (χ2n) is 7.00. The molecule has 1 heteroatoms. The Morgan fingerprint density at radius 2 is 1.35 bits per heavy atom. The molecular weight excluding hydrogens is 292 g/mol. The van der Waals surface area contributed by atoms with Crippen LogP contribution in [0, 0.1) is 0 Å². The molecule has 0 N–H and O–H groups in total. The SMILES string of the molecule is CC(C)c1ccc2c(c1)[Si](C)(c1ccccc1)c1ccccc1-2. The number of hydrogen-bond acceptors (Lipinski definition) is 0. The van der Waals surface area contributed by atoms with Gasteiger partial charge in [0.05, 0.1) is 0 Å². The first kappa shape index (κ1) is 14.5. The quantitative estimate of drug-likeness (QED) is 0.630. The maximum atomic E-state index is 2.51. The van der Waals surface area contributed by atoms with Gasteiger partial charge in [-0.3, -0.25) is 0 Å². The summed E-state index contributed by atoms with van der Waals surface area (Å²) in [4.78, 5) is 0. The summed E-state index contributed by atoms with van der Waals surface area (Å²) in [6.07, 6.45) is 0. The van der Waals surface area contributed by atoms with E-state index in [1.54, 1.807) is 10.4 Å². The number of rotatable bonds is 2. The lowest BCUT2D eigenvalue weighted by atomic mass is 9.99. The molecule has 4 rings (SSSR count). The van der Waals surface area contributed by atoms with Crippen LogP contribution in [0.2, 0.25) is 6.55 Å². The number of benzene rings is 3. The van der Waals surface area contributed by atoms with Crippen molar-refractivity contribution in [2.45, 2.75) is 26.3 Å². The van der Waals surface area contributed by atoms with E-state index in [1.165, 1.54) is 21.9 Å². The minimum atomic E-state index is -1.88. The van der Waals surface area contributed by atoms with Crippen LogP contribution in [0.1, 0.15) is 25.3 Å². The molecule has 0 nitrogen and oxygen atoms in total. The third-order valence-electron chi connectivity index (χ3n) is 5.36. The Kier molecular flexibility index (Phi) is 3.28. The lowest BCUT2D eigenvalue weighted by Gasteiger charge is -2.26. The van der Waals surface area contributed by atoms with E-state index in [2.05, 4.69) is 93.2 Å². The van der Waals surface area contributed by atoms with Crippen LogP contribution in [0.15, 0.2) is 72.8 Å². The van der Waals surface area contributed by atoms with Gasteiger partial charge >= 0.3 is 0 Å². The molecule has 114 valence electrons. The van der Waals surface area contributed by atoms with Gasteiger partial charge in [0, 0.05) is 0 Å². The van der Waals surface area contributed by atoms with Gasteiger partial charge in [-0.05, 0) is 38.2 Å². The molecule has 1 atom stereocenters. The molecule has 23 heavy (non-hydrogen) atoms. The zero-order valence-corrected chi connectivity index (χ0v) is 15.0. The Labute approximate surface area is 139 Å². The number of hydrogen-bond donors (Lipinski definition) is 0. The first-order valence-corrected chi connectivity index (χ1v) is 10.9. The van der Waals surface area contributed by atoms with Crippen molar-refractivity contribution >= 4 is 23.6 Å². The molecule has 1 unspecified atom stereocenters. The lowest BCUT2D eigenvalue weighted by Crippen LogP contribution is -2.62. The van der Waals surface area contributed by atoms with Crippen LogP contribution in [-0.2, 0) is 0 Å². The molecule has 0 aliphatic carbocycles. The fourth-order valence-electron chi connectivity index (χ4n) is 3.95. The summed E-state index contributed by atoms with van der Waals surface area (Å²) in [5.41, 5.74) is 4.34. The highest BCUT2D eigenvalue weighted by molar-refractivity contribution is 7.13. The van der Waals surface area contributed by atoms with Crippen LogP contribution in [0.5, 0.6) is 0 Å². The van der Waals surface area contributed by atoms with Crippen molar-refractivity contribution in [1.29, 1.82) is 0 Å². The van der Waals surface area contributed by atoms with Crippen molar-refractivity contribution in [3.63, 3.8) is 0 Å². The minimum Gasteiger partial charge on any atom is -0.0624 e. The maximum absolute atomic E-state index is 2.51. The molecule has 0 saturated heterocycles. The monoisotopic (exact) mass is 314 g/mol. The fourth-order valence-corrected chi connectivity index (χ4v) is 8.12. The van der Waals surface area contributed by atoms with E-state index in [-0.39, 0.29) is 0 Å². The predicted molar refractivity (Wildman–Crippen MR) is 103 cm³/mol. The van der Waals surface area contributed by atoms with Gasteiger partial charge in [0.1, 0.15) is 8.07 Å². The molecule has 0 radical (unpaired) electrons. The van der Waals surface area contributed by atoms with Crippen molar-refractivity contribution in [3.05, 3.63) is 78.4 Å². The highest BCUT2D eigenvalue weighted by Crippen LogP contribution is 2.30. The largest absolute Gasteiger partial charge is 0.147 e. The Bertz CT molecular complexity index is 864. The van der Waals surface area contributed by atoms with Gasteiger partial charge in [0.25, 0.3) is 0 Å². The van der Waals surface area contributed by atoms with Gasteiger partial charge in [0.15, 0.2) is 0 Å². The fraction of sp³-hybridized carbons (Fsp3) is 0.182. The van der Waals surface area contributed by atoms with Gasteiger partial charge in [-0.25, -0.2) is 0 Å². The lowest BCUT2D eigenvalue weighted by molar-refractivity contribution is 0.868. The minimum absolute atomic E-state index is 0.568. The van der Waals surface area contributed by atoms with E-state index >= 15 is 0 Å². The Morgan fingerprint density at radius 3 is 2.09 bits per heavy atom. The first-order valence-electron chi connectivity index (χ1n) is 8.42. The zero-order valence-electron chi connectivity index (χ0n) is 14.0. The first-order chi connectivity index (χ1) is 11.1. The average molecular weight is 315 g/mol. The Hall–Kier alpha value is -2.12. The molecule has 0 aromatic heterocycles. The summed E-state index contributed by atoms with van der Waals surface area (Å²) in [5.74, 6) is 0.568. The molecule has 0 spiro atoms. The molecule has 3 aromatic carbocycles. The van der Waals surface area contributed by atoms with E-state index in [9.17, 15) is 0 Å². The van der Waals surface area contributed by atoms with Gasteiger partial charge in [-0.1, -0.05) is 93.2 Å². The topological polar surface area (TPSA) is 0 Å². The molecular formula is C22H22Si. The van der Waals surface area contributed by atoms with Crippen molar-refractivity contribution in [3.8, 4) is 11.1 Å². The summed E-state index contributed by atoms with van der Waals surface area (Å²) in [6, 6.07) is 27.3. The smallest absolute Gasteiger partial charge is 0.0624 e. The maximum Gasteiger partial charge on any atom is 0.147 e. The van der Waals surface area contributed by atoms with Crippen LogP contribution >= 0.6 is 0 Å². The molecule has 0 bridgehead atoms. The van der Waals surface area contributed by atoms with E-state index in [4.69, 9.17) is 0 Å². The highest BCUT2D eigenvalue weighted by Gasteiger charge is 2.42. The van der Waals surface area contributed by atoms with Gasteiger partial charge < -0.3 is 0 Å². The molecule has 0 amide bonds. The zero-order chi connectivity index (χ0) is 16.0. The second-order valence-corrected chi connectivity index (χ2v) is 10.9. The normalized spacial score (nSPS) is 18.8. The van der Waals surface area contributed by atoms with Crippen LogP contribution in [0.25, 0.3) is 11.1 Å². The van der Waals surface area contributed by atoms with E-state index in [0.29, 0.717) is 5.92 Å². The molecule has 0 fully saturated rings. The van der Waals surface area contributed by atoms with Gasteiger partial charge in [-0.2, -0.15) is 0 Å². The van der Waals surface area contributed by atoms with Gasteiger partial charge in [-0.15, -0.1) is 0 Å². The van der Waals surface area contributed by atoms with Crippen LogP contribution < -0.4 is 15.6 Å². The summed E-state index contributed by atoms with van der Waals surface area (Å²) >= 11 is 0. The van der Waals surface area contributed by atoms with Crippen LogP contribution in [0.4, 0.5) is 0 Å². The van der Waals surface area contributed by atoms with Crippen molar-refractivity contribution in [1.82, 2.24) is 0 Å². The van der Waals surface area contributed by atoms with E-state index < -0.39 is 8.07 Å². The predicted octanol–water partition coefficient (Wildman–Crippen LogP) is 3.89. The van der Waals surface area contributed by atoms with E-state index in [1.807, 2.05) is 0 Å². The number of fused-ring (bicyclic) bond motifs is 3. The van der Waals surface area contributed by atoms with Crippen LogP contribution in [0.3, 0.4) is 0 Å². The van der Waals surface area contributed by atoms with E-state index in [0.717, 1.165) is 0 Å². The standard InChI is InChI=1S/C22H22Si/c1-16(2)17-13-14-20-19-11-7-8-12-21(19)23(3,22(20)15-17)18-9-5-4-6-10-18/h4-16H,1-3H3. The van der Waals surface area contributed by atoms with Crippen molar-refractivity contribution in [2.24, 2.45) is 0 Å². The third kappa shape index (κ3) is 2.03. The summed E-state index contributed by atoms with van der Waals surface area (Å²) < 4.78 is 0. The van der Waals surface area contributed by atoms with Gasteiger partial charge in [0.2, 0.25) is 0 Å². The van der Waals surface area contributed by atoms with Crippen LogP contribution in [-0.4, -0.2) is 8.07 Å². The summed E-state index contributed by atoms with van der Waals surface area (Å²) in [6.45, 7) is 7.08. The molecule has 1 aliphatic rings. The van der Waals surface area contributed by atoms with Crippen molar-refractivity contribution < 1.29 is 0 Å². The Morgan fingerprint density at radius 1 is 0.696 bits per heavy atom. The third-order valence-corrected chi connectivity index (χ3v) is 9.85. The second kappa shape index (κ2) is 5.21.